The van der Waals surface area contributed by atoms with Gasteiger partial charge < -0.3 is 26.8 Å². The lowest BCUT2D eigenvalue weighted by Crippen LogP contribution is -2.49. The van der Waals surface area contributed by atoms with Crippen LogP contribution < -0.4 is 26.8 Å². The Morgan fingerprint density at radius 1 is 0.950 bits per heavy atom. The molecule has 0 aliphatic carbocycles. The third kappa shape index (κ3) is 8.91. The summed E-state index contributed by atoms with van der Waals surface area (Å²) >= 11 is 0. The molecule has 210 valence electrons. The van der Waals surface area contributed by atoms with Gasteiger partial charge in [0.1, 0.15) is 11.8 Å². The average Bonchev–Trinajstić information content (AvgIpc) is 2.96. The normalized spacial score (nSPS) is 12.8. The minimum absolute atomic E-state index is 0.0821. The van der Waals surface area contributed by atoms with Crippen molar-refractivity contribution in [1.29, 1.82) is 0 Å². The van der Waals surface area contributed by atoms with Crippen molar-refractivity contribution in [3.8, 4) is 5.75 Å². The molecule has 0 aromatic heterocycles. The standard InChI is InChI=1S/C29H34N6O5/c1-40-23-14-8-9-20(19-23)17-18-32-28(36)25(16-15-24(30)27(31)34-35(38)39)33-29(37)26(21-10-4-2-5-11-21)22-12-6-3-7-13-22/h2-14,19,24-26H,15-18,30H2,1H3,(H2,31,34)(H,32,36)(H,33,37)/t24?,25-/m0/s1. The minimum Gasteiger partial charge on any atom is -0.497 e. The number of methoxy groups -OCH3 is 1. The van der Waals surface area contributed by atoms with E-state index in [1.807, 2.05) is 84.9 Å². The van der Waals surface area contributed by atoms with Gasteiger partial charge >= 0.3 is 0 Å². The van der Waals surface area contributed by atoms with Crippen molar-refractivity contribution in [2.24, 2.45) is 16.6 Å². The first-order valence-corrected chi connectivity index (χ1v) is 12.8. The summed E-state index contributed by atoms with van der Waals surface area (Å²) in [6, 6.07) is 24.1. The van der Waals surface area contributed by atoms with Gasteiger partial charge in [-0.15, -0.1) is 0 Å². The molecule has 40 heavy (non-hydrogen) atoms. The van der Waals surface area contributed by atoms with Crippen molar-refractivity contribution in [3.05, 3.63) is 112 Å². The van der Waals surface area contributed by atoms with E-state index in [1.165, 1.54) is 0 Å². The summed E-state index contributed by atoms with van der Waals surface area (Å²) in [6.45, 7) is 0.316. The van der Waals surface area contributed by atoms with Crippen LogP contribution in [0.3, 0.4) is 0 Å². The van der Waals surface area contributed by atoms with E-state index in [0.717, 1.165) is 16.7 Å². The van der Waals surface area contributed by atoms with Crippen molar-refractivity contribution in [1.82, 2.24) is 10.6 Å². The summed E-state index contributed by atoms with van der Waals surface area (Å²) in [5.74, 6) is -1.09. The first kappa shape index (κ1) is 29.8. The summed E-state index contributed by atoms with van der Waals surface area (Å²) in [4.78, 5) is 37.6. The summed E-state index contributed by atoms with van der Waals surface area (Å²) in [6.07, 6.45) is 0.711. The highest BCUT2D eigenvalue weighted by Crippen LogP contribution is 2.25. The molecule has 0 fully saturated rings. The molecule has 0 saturated carbocycles. The number of carbonyl (C=O) groups excluding carboxylic acids is 2. The molecule has 2 amide bonds. The van der Waals surface area contributed by atoms with Gasteiger partial charge in [0.2, 0.25) is 11.8 Å². The second-order valence-electron chi connectivity index (χ2n) is 9.15. The summed E-state index contributed by atoms with van der Waals surface area (Å²) in [5, 5.41) is 18.6. The number of hydrogen-bond acceptors (Lipinski definition) is 6. The van der Waals surface area contributed by atoms with E-state index in [4.69, 9.17) is 16.2 Å². The Bertz CT molecular complexity index is 1260. The van der Waals surface area contributed by atoms with E-state index in [0.29, 0.717) is 18.7 Å². The van der Waals surface area contributed by atoms with E-state index in [2.05, 4.69) is 15.7 Å². The van der Waals surface area contributed by atoms with Crippen LogP contribution in [0.5, 0.6) is 5.75 Å². The van der Waals surface area contributed by atoms with Crippen LogP contribution in [0.1, 0.15) is 35.4 Å². The Balaban J connectivity index is 1.77. The molecule has 0 saturated heterocycles. The molecular weight excluding hydrogens is 512 g/mol. The predicted octanol–water partition coefficient (Wildman–Crippen LogP) is 2.33. The fourth-order valence-electron chi connectivity index (χ4n) is 4.25. The monoisotopic (exact) mass is 546 g/mol. The molecule has 11 nitrogen and oxygen atoms in total. The van der Waals surface area contributed by atoms with Gasteiger partial charge in [0, 0.05) is 6.54 Å². The highest BCUT2D eigenvalue weighted by atomic mass is 16.7. The molecule has 0 bridgehead atoms. The largest absolute Gasteiger partial charge is 0.497 e. The molecule has 6 N–H and O–H groups in total. The lowest BCUT2D eigenvalue weighted by molar-refractivity contribution is -0.485. The number of amides is 2. The van der Waals surface area contributed by atoms with Crippen LogP contribution in [-0.2, 0) is 16.0 Å². The molecule has 2 atom stereocenters. The van der Waals surface area contributed by atoms with Crippen LogP contribution in [0.4, 0.5) is 0 Å². The number of benzene rings is 3. The number of nitrogens with two attached hydrogens (primary N) is 2. The fourth-order valence-corrected chi connectivity index (χ4v) is 4.25. The maximum absolute atomic E-state index is 13.7. The van der Waals surface area contributed by atoms with E-state index in [-0.39, 0.29) is 24.6 Å². The van der Waals surface area contributed by atoms with Gasteiger partial charge in [-0.1, -0.05) is 72.8 Å². The third-order valence-corrected chi connectivity index (χ3v) is 6.35. The molecule has 3 rings (SSSR count). The first-order chi connectivity index (χ1) is 19.3. The van der Waals surface area contributed by atoms with E-state index < -0.39 is 28.9 Å². The Labute approximate surface area is 232 Å². The number of nitrogens with one attached hydrogen (secondary N) is 2. The Kier molecular flexibility index (Phi) is 11.2. The SMILES string of the molecule is COc1cccc(CCNC(=O)[C@H](CCC(N)C(N)=N[N+](=O)[O-])NC(=O)C(c2ccccc2)c2ccccc2)c1. The van der Waals surface area contributed by atoms with Gasteiger partial charge in [-0.3, -0.25) is 9.59 Å². The molecule has 3 aromatic rings. The number of nitro groups is 1. The van der Waals surface area contributed by atoms with Crippen molar-refractivity contribution in [3.63, 3.8) is 0 Å². The number of hydrogen-bond donors (Lipinski definition) is 4. The Morgan fingerprint density at radius 3 is 2.15 bits per heavy atom. The van der Waals surface area contributed by atoms with Gasteiger partial charge in [-0.2, -0.15) is 0 Å². The van der Waals surface area contributed by atoms with Crippen LogP contribution in [0.15, 0.2) is 90.0 Å². The van der Waals surface area contributed by atoms with E-state index >= 15 is 0 Å². The van der Waals surface area contributed by atoms with Crippen LogP contribution >= 0.6 is 0 Å². The fraction of sp³-hybridized carbons (Fsp3) is 0.276. The maximum Gasteiger partial charge on any atom is 0.242 e. The zero-order valence-electron chi connectivity index (χ0n) is 22.2. The third-order valence-electron chi connectivity index (χ3n) is 6.35. The quantitative estimate of drug-likeness (QED) is 0.104. The van der Waals surface area contributed by atoms with Gasteiger partial charge in [0.05, 0.1) is 24.2 Å². The van der Waals surface area contributed by atoms with Crippen LogP contribution in [0.2, 0.25) is 0 Å². The highest BCUT2D eigenvalue weighted by molar-refractivity contribution is 5.92. The van der Waals surface area contributed by atoms with Crippen molar-refractivity contribution < 1.29 is 19.4 Å². The summed E-state index contributed by atoms with van der Waals surface area (Å²) < 4.78 is 5.25. The number of amidine groups is 1. The van der Waals surface area contributed by atoms with Gasteiger partial charge in [0.15, 0.2) is 10.9 Å². The van der Waals surface area contributed by atoms with Crippen molar-refractivity contribution >= 4 is 17.6 Å². The Morgan fingerprint density at radius 2 is 1.57 bits per heavy atom. The van der Waals surface area contributed by atoms with Crippen molar-refractivity contribution in [2.75, 3.05) is 13.7 Å². The van der Waals surface area contributed by atoms with Gasteiger partial charge in [0.25, 0.3) is 0 Å². The molecular formula is C29H34N6O5. The molecule has 3 aromatic carbocycles. The number of nitrogens with zero attached hydrogens (tertiary/aromatic N) is 2. The predicted molar refractivity (Wildman–Crippen MR) is 152 cm³/mol. The molecule has 0 heterocycles. The number of rotatable bonds is 14. The molecule has 11 heteroatoms. The number of carbonyl (C=O) groups is 2. The van der Waals surface area contributed by atoms with Crippen LogP contribution in [0, 0.1) is 10.1 Å². The molecule has 0 aliphatic rings. The summed E-state index contributed by atoms with van der Waals surface area (Å²) in [7, 11) is 1.58. The zero-order valence-corrected chi connectivity index (χ0v) is 22.2. The highest BCUT2D eigenvalue weighted by Gasteiger charge is 2.28. The smallest absolute Gasteiger partial charge is 0.242 e. The average molecular weight is 547 g/mol. The topological polar surface area (TPSA) is 175 Å². The molecule has 1 unspecified atom stereocenters. The summed E-state index contributed by atoms with van der Waals surface area (Å²) in [5.41, 5.74) is 14.1. The second-order valence-corrected chi connectivity index (χ2v) is 9.15. The van der Waals surface area contributed by atoms with Gasteiger partial charge in [-0.05, 0) is 48.1 Å². The molecule has 0 spiro atoms. The molecule has 0 aliphatic heterocycles. The Hall–Kier alpha value is -4.77. The van der Waals surface area contributed by atoms with Crippen molar-refractivity contribution in [2.45, 2.75) is 37.3 Å². The second kappa shape index (κ2) is 15.0. The van der Waals surface area contributed by atoms with E-state index in [1.54, 1.807) is 7.11 Å². The van der Waals surface area contributed by atoms with Crippen LogP contribution in [0.25, 0.3) is 0 Å². The molecule has 0 radical (unpaired) electrons. The number of hydrazone groups is 1. The van der Waals surface area contributed by atoms with E-state index in [9.17, 15) is 19.7 Å². The lowest BCUT2D eigenvalue weighted by Gasteiger charge is -2.24. The van der Waals surface area contributed by atoms with Crippen LogP contribution in [-0.4, -0.2) is 48.4 Å². The maximum atomic E-state index is 13.7. The lowest BCUT2D eigenvalue weighted by atomic mass is 9.90. The number of ether oxygens (including phenoxy) is 1. The minimum atomic E-state index is -0.970. The van der Waals surface area contributed by atoms with Gasteiger partial charge in [-0.25, -0.2) is 10.1 Å². The first-order valence-electron chi connectivity index (χ1n) is 12.8. The zero-order chi connectivity index (χ0) is 28.9.